The standard InChI is InChI=1S/C16H16O6/c1-9(17)22-13-6-5-10(16(18)21-4)11-7-14(19-2)15(20-3)8-12(11)13/h5-8H,1-4H3. The minimum absolute atomic E-state index is 0.330. The summed E-state index contributed by atoms with van der Waals surface area (Å²) in [5, 5.41) is 1.10. The first-order valence-corrected chi connectivity index (χ1v) is 6.47. The molecule has 0 aliphatic rings. The molecule has 22 heavy (non-hydrogen) atoms. The van der Waals surface area contributed by atoms with Crippen LogP contribution in [0.15, 0.2) is 24.3 Å². The van der Waals surface area contributed by atoms with Crippen LogP contribution in [0.1, 0.15) is 17.3 Å². The fourth-order valence-corrected chi connectivity index (χ4v) is 2.18. The SMILES string of the molecule is COC(=O)c1ccc(OC(C)=O)c2cc(OC)c(OC)cc12. The van der Waals surface area contributed by atoms with Crippen LogP contribution in [0.5, 0.6) is 17.2 Å². The summed E-state index contributed by atoms with van der Waals surface area (Å²) < 4.78 is 20.5. The van der Waals surface area contributed by atoms with Crippen LogP contribution in [0.4, 0.5) is 0 Å². The van der Waals surface area contributed by atoms with Crippen molar-refractivity contribution < 1.29 is 28.5 Å². The summed E-state index contributed by atoms with van der Waals surface area (Å²) in [5.41, 5.74) is 0.342. The van der Waals surface area contributed by atoms with Gasteiger partial charge in [-0.25, -0.2) is 4.79 Å². The summed E-state index contributed by atoms with van der Waals surface area (Å²) in [7, 11) is 4.30. The highest BCUT2D eigenvalue weighted by molar-refractivity contribution is 6.07. The van der Waals surface area contributed by atoms with Crippen LogP contribution in [0.3, 0.4) is 0 Å². The number of hydrogen-bond acceptors (Lipinski definition) is 6. The molecule has 116 valence electrons. The number of ether oxygens (including phenoxy) is 4. The van der Waals surface area contributed by atoms with Gasteiger partial charge in [0.1, 0.15) is 5.75 Å². The number of esters is 2. The lowest BCUT2D eigenvalue weighted by Gasteiger charge is -2.14. The fraction of sp³-hybridized carbons (Fsp3) is 0.250. The lowest BCUT2D eigenvalue weighted by Crippen LogP contribution is -2.06. The highest BCUT2D eigenvalue weighted by atomic mass is 16.5. The predicted molar refractivity (Wildman–Crippen MR) is 79.7 cm³/mol. The van der Waals surface area contributed by atoms with Gasteiger partial charge in [0.25, 0.3) is 0 Å². The van der Waals surface area contributed by atoms with Crippen LogP contribution in [0.2, 0.25) is 0 Å². The molecule has 0 radical (unpaired) electrons. The Labute approximate surface area is 127 Å². The Morgan fingerprint density at radius 2 is 1.45 bits per heavy atom. The minimum atomic E-state index is -0.494. The zero-order valence-electron chi connectivity index (χ0n) is 12.8. The Hall–Kier alpha value is -2.76. The quantitative estimate of drug-likeness (QED) is 0.638. The van der Waals surface area contributed by atoms with Gasteiger partial charge in [0.05, 0.1) is 26.9 Å². The van der Waals surface area contributed by atoms with Gasteiger partial charge in [-0.3, -0.25) is 4.79 Å². The Kier molecular flexibility index (Phi) is 4.50. The second kappa shape index (κ2) is 6.34. The molecule has 0 fully saturated rings. The van der Waals surface area contributed by atoms with Crippen LogP contribution in [0, 0.1) is 0 Å². The van der Waals surface area contributed by atoms with E-state index in [4.69, 9.17) is 18.9 Å². The summed E-state index contributed by atoms with van der Waals surface area (Å²) >= 11 is 0. The van der Waals surface area contributed by atoms with E-state index < -0.39 is 11.9 Å². The van der Waals surface area contributed by atoms with Crippen molar-refractivity contribution in [1.29, 1.82) is 0 Å². The van der Waals surface area contributed by atoms with Gasteiger partial charge in [-0.05, 0) is 24.3 Å². The first kappa shape index (κ1) is 15.6. The molecular weight excluding hydrogens is 288 g/mol. The zero-order valence-corrected chi connectivity index (χ0v) is 12.8. The van der Waals surface area contributed by atoms with E-state index >= 15 is 0 Å². The van der Waals surface area contributed by atoms with Crippen LogP contribution in [-0.2, 0) is 9.53 Å². The van der Waals surface area contributed by atoms with Gasteiger partial charge in [-0.1, -0.05) is 0 Å². The third-order valence-electron chi connectivity index (χ3n) is 3.14. The van der Waals surface area contributed by atoms with Gasteiger partial charge in [-0.15, -0.1) is 0 Å². The number of fused-ring (bicyclic) bond motifs is 1. The Balaban J connectivity index is 2.80. The molecule has 0 aliphatic heterocycles. The first-order valence-electron chi connectivity index (χ1n) is 6.47. The molecule has 0 unspecified atom stereocenters. The normalized spacial score (nSPS) is 10.2. The van der Waals surface area contributed by atoms with Crippen LogP contribution in [-0.4, -0.2) is 33.3 Å². The van der Waals surface area contributed by atoms with E-state index in [1.54, 1.807) is 24.3 Å². The molecule has 0 atom stereocenters. The Bertz CT molecular complexity index is 735. The summed E-state index contributed by atoms with van der Waals surface area (Å²) in [4.78, 5) is 23.2. The smallest absolute Gasteiger partial charge is 0.338 e. The molecule has 0 spiro atoms. The van der Waals surface area contributed by atoms with Gasteiger partial charge in [0.2, 0.25) is 0 Å². The van der Waals surface area contributed by atoms with E-state index in [1.165, 1.54) is 28.3 Å². The summed E-state index contributed by atoms with van der Waals surface area (Å²) in [5.74, 6) is 0.301. The molecule has 6 nitrogen and oxygen atoms in total. The molecule has 0 bridgehead atoms. The number of hydrogen-bond donors (Lipinski definition) is 0. The third-order valence-corrected chi connectivity index (χ3v) is 3.14. The molecule has 2 rings (SSSR count). The largest absolute Gasteiger partial charge is 0.493 e. The minimum Gasteiger partial charge on any atom is -0.493 e. The maximum atomic E-state index is 11.9. The molecule has 0 aliphatic carbocycles. The lowest BCUT2D eigenvalue weighted by atomic mass is 10.0. The molecule has 0 aromatic heterocycles. The van der Waals surface area contributed by atoms with Crippen LogP contribution < -0.4 is 14.2 Å². The fourth-order valence-electron chi connectivity index (χ4n) is 2.18. The van der Waals surface area contributed by atoms with Crippen LogP contribution >= 0.6 is 0 Å². The van der Waals surface area contributed by atoms with E-state index in [1.807, 2.05) is 0 Å². The van der Waals surface area contributed by atoms with Gasteiger partial charge in [-0.2, -0.15) is 0 Å². The van der Waals surface area contributed by atoms with Crippen molar-refractivity contribution in [1.82, 2.24) is 0 Å². The van der Waals surface area contributed by atoms with E-state index in [9.17, 15) is 9.59 Å². The van der Waals surface area contributed by atoms with E-state index in [-0.39, 0.29) is 0 Å². The maximum absolute atomic E-state index is 11.9. The van der Waals surface area contributed by atoms with Crippen molar-refractivity contribution in [2.24, 2.45) is 0 Å². The van der Waals surface area contributed by atoms with Gasteiger partial charge < -0.3 is 18.9 Å². The van der Waals surface area contributed by atoms with Gasteiger partial charge >= 0.3 is 11.9 Å². The number of carbonyl (C=O) groups excluding carboxylic acids is 2. The predicted octanol–water partition coefficient (Wildman–Crippen LogP) is 2.57. The molecule has 0 heterocycles. The molecule has 2 aromatic rings. The average Bonchev–Trinajstić information content (AvgIpc) is 2.52. The van der Waals surface area contributed by atoms with Crippen molar-refractivity contribution in [3.05, 3.63) is 29.8 Å². The average molecular weight is 304 g/mol. The molecule has 0 saturated heterocycles. The van der Waals surface area contributed by atoms with E-state index in [0.29, 0.717) is 33.6 Å². The highest BCUT2D eigenvalue weighted by Crippen LogP contribution is 2.38. The number of rotatable bonds is 4. The van der Waals surface area contributed by atoms with Crippen molar-refractivity contribution in [2.45, 2.75) is 6.92 Å². The second-order valence-corrected chi connectivity index (χ2v) is 4.45. The molecular formula is C16H16O6. The molecule has 6 heteroatoms. The Morgan fingerprint density at radius 3 is 1.95 bits per heavy atom. The Morgan fingerprint density at radius 1 is 0.864 bits per heavy atom. The van der Waals surface area contributed by atoms with Gasteiger partial charge in [0.15, 0.2) is 11.5 Å². The zero-order chi connectivity index (χ0) is 16.3. The second-order valence-electron chi connectivity index (χ2n) is 4.45. The third kappa shape index (κ3) is 2.81. The van der Waals surface area contributed by atoms with Crippen molar-refractivity contribution >= 4 is 22.7 Å². The first-order chi connectivity index (χ1) is 10.5. The topological polar surface area (TPSA) is 71.1 Å². The van der Waals surface area contributed by atoms with E-state index in [2.05, 4.69) is 0 Å². The van der Waals surface area contributed by atoms with E-state index in [0.717, 1.165) is 0 Å². The van der Waals surface area contributed by atoms with Gasteiger partial charge in [0, 0.05) is 17.7 Å². The summed E-state index contributed by atoms with van der Waals surface area (Å²) in [6.07, 6.45) is 0. The lowest BCUT2D eigenvalue weighted by molar-refractivity contribution is -0.131. The number of benzene rings is 2. The van der Waals surface area contributed by atoms with Crippen molar-refractivity contribution in [2.75, 3.05) is 21.3 Å². The summed E-state index contributed by atoms with van der Waals surface area (Å²) in [6.45, 7) is 1.31. The van der Waals surface area contributed by atoms with Crippen LogP contribution in [0.25, 0.3) is 10.8 Å². The molecule has 0 saturated carbocycles. The number of methoxy groups -OCH3 is 3. The monoisotopic (exact) mass is 304 g/mol. The molecule has 0 amide bonds. The van der Waals surface area contributed by atoms with Crippen molar-refractivity contribution in [3.63, 3.8) is 0 Å². The van der Waals surface area contributed by atoms with Crippen molar-refractivity contribution in [3.8, 4) is 17.2 Å². The maximum Gasteiger partial charge on any atom is 0.338 e. The summed E-state index contributed by atoms with van der Waals surface area (Å²) in [6, 6.07) is 6.38. The number of carbonyl (C=O) groups is 2. The molecule has 0 N–H and O–H groups in total. The highest BCUT2D eigenvalue weighted by Gasteiger charge is 2.18. The molecule has 2 aromatic carbocycles.